The largest absolute Gasteiger partial charge is 1.00 e. The summed E-state index contributed by atoms with van der Waals surface area (Å²) in [6.45, 7) is 0. The molecule has 0 radical (unpaired) electrons. The Kier molecular flexibility index (Phi) is 124000. The second-order valence-electron chi connectivity index (χ2n) is 0. The van der Waals surface area contributed by atoms with E-state index in [0.717, 1.165) is 0 Å². The summed E-state index contributed by atoms with van der Waals surface area (Å²) in [7, 11) is 0. The van der Waals surface area contributed by atoms with Crippen molar-refractivity contribution >= 4 is 0 Å². The Labute approximate surface area is 292 Å². The zero-order valence-electron chi connectivity index (χ0n) is 30.4. The molecule has 0 fully saturated rings. The van der Waals surface area contributed by atoms with Gasteiger partial charge in [-0.3, -0.25) is 0 Å². The Hall–Kier alpha value is 0.916. The van der Waals surface area contributed by atoms with Crippen LogP contribution in [0.15, 0.2) is 0 Å². The van der Waals surface area contributed by atoms with Crippen LogP contribution < -0.4 is 162 Å². The summed E-state index contributed by atoms with van der Waals surface area (Å²) in [5.41, 5.74) is 0. The normalized spacial score (nSPS) is 3.82. The minimum Gasteiger partial charge on any atom is -1.00 e. The second-order valence-corrected chi connectivity index (χ2v) is 0. The molecule has 258 valence electrons. The van der Waals surface area contributed by atoms with Crippen molar-refractivity contribution in [2.24, 2.45) is 0 Å². The van der Waals surface area contributed by atoms with Crippen LogP contribution in [0.2, 0.25) is 25.4 Å². The molecule has 0 aliphatic rings. The Balaban J connectivity index is -0.00000000202. The maximum atomic E-state index is 5.25. The molecule has 0 aromatic heterocycles. The van der Waals surface area contributed by atoms with E-state index in [1.54, 1.807) is 0 Å². The molecule has 0 heterocycles. The van der Waals surface area contributed by atoms with E-state index in [1.165, 1.54) is 0 Å². The fourth-order valence-corrected chi connectivity index (χ4v) is 0. The van der Waals surface area contributed by atoms with Crippen LogP contribution in [-0.4, -0.2) is 0 Å². The van der Waals surface area contributed by atoms with Crippen LogP contribution in [0.3, 0.4) is 0 Å². The zero-order chi connectivity index (χ0) is 36.0. The van der Waals surface area contributed by atoms with Crippen molar-refractivity contribution in [3.63, 3.8) is 0 Å². The predicted molar refractivity (Wildman–Crippen MR) is 186 cm³/mol. The molecule has 0 rings (SSSR count). The third-order valence-corrected chi connectivity index (χ3v) is 0. The molecule has 54 N–H and O–H groups in total. The molecule has 0 aliphatic heterocycles. The predicted octanol–water partition coefficient (Wildman–Crippen LogP) is 8.94. The van der Waals surface area contributed by atoms with E-state index in [4.69, 9.17) is 25.4 Å². The van der Waals surface area contributed by atoms with Crippen LogP contribution >= 0.6 is 0 Å². The fraction of sp³-hybridized carbons (Fsp3) is 1.00. The van der Waals surface area contributed by atoms with Crippen LogP contribution in [0.4, 0.5) is 0 Å². The monoisotopic (exact) mass is 589 g/mol. The van der Waals surface area contributed by atoms with Gasteiger partial charge < -0.3 is 112 Å². The van der Waals surface area contributed by atoms with Crippen molar-refractivity contribution < 1.29 is 78.2 Å². The van der Waals surface area contributed by atoms with Gasteiger partial charge >= 0.3 is 51.4 Å². The van der Waals surface area contributed by atoms with E-state index in [0.29, 0.717) is 0 Å². The van der Waals surface area contributed by atoms with E-state index in [2.05, 4.69) is 111 Å². The third-order valence-electron chi connectivity index (χ3n) is 0. The van der Waals surface area contributed by atoms with Gasteiger partial charge in [-0.05, 0) is 0 Å². The first-order valence-corrected chi connectivity index (χ1v) is 0. The Morgan fingerprint density at radius 1 is 0.182 bits per heavy atom. The average molecular weight is 589 g/mol. The molecule has 33 heavy (non-hydrogen) atoms. The smallest absolute Gasteiger partial charge is 1.00 e. The van der Waals surface area contributed by atoms with Crippen LogP contribution in [0, 0.1) is 0 Å². The van der Waals surface area contributed by atoms with E-state index in [9.17, 15) is 0 Å². The van der Waals surface area contributed by atoms with Gasteiger partial charge in [-0.1, -0.05) is 104 Å². The van der Waals surface area contributed by atoms with Gasteiger partial charge in [0, 0.05) is 0 Å². The van der Waals surface area contributed by atoms with Crippen LogP contribution in [0.1, 0.15) is 105 Å². The summed E-state index contributed by atoms with van der Waals surface area (Å²) in [5, 5.41) is 0. The fourth-order valence-electron chi connectivity index (χ4n) is 0. The van der Waals surface area contributed by atoms with Crippen LogP contribution in [0.5, 0.6) is 0 Å². The summed E-state index contributed by atoms with van der Waals surface area (Å²) >= 11 is 0. The van der Waals surface area contributed by atoms with Crippen molar-refractivity contribution in [1.82, 2.24) is 111 Å². The second kappa shape index (κ2) is 39900. The molecule has 0 amide bonds. The molecule has 19 heteroatoms. The maximum absolute atomic E-state index is 5.25. The third kappa shape index (κ3) is 37500. The van der Waals surface area contributed by atoms with E-state index >= 15 is 0 Å². The number of hydrogen-bond acceptors (Lipinski definition) is 18. The summed E-state index contributed by atoms with van der Waals surface area (Å²) in [4.78, 5) is 0. The first-order valence-electron chi connectivity index (χ1n) is 10.4. The van der Waals surface area contributed by atoms with Crippen molar-refractivity contribution in [3.05, 3.63) is 0 Å². The first kappa shape index (κ1) is 103. The van der Waals surface area contributed by atoms with Crippen LogP contribution in [0.25, 0.3) is 0 Å². The number of hydrogen-bond donors (Lipinski definition) is 18. The van der Waals surface area contributed by atoms with Gasteiger partial charge in [0.15, 0.2) is 0 Å². The van der Waals surface area contributed by atoms with Gasteiger partial charge in [0.2, 0.25) is 0 Å². The van der Waals surface area contributed by atoms with Gasteiger partial charge in [0.1, 0.15) is 25.4 Å². The minimum atomic E-state index is 0. The average Bonchev–Trinajstić information content (AvgIpc) is 3.13. The summed E-state index contributed by atoms with van der Waals surface area (Å²) < 4.78 is 94.5. The van der Waals surface area contributed by atoms with Gasteiger partial charge in [0.05, 0.1) is 0 Å². The molecule has 0 saturated heterocycles. The Morgan fingerprint density at radius 2 is 0.182 bits per heavy atom. The SMILES string of the molecule is C.C.C.C.C.C.C.C.C.C.C.C.C.C.[2H]N.[2H]N.[2H]N.[2H]N.[2H]N.[2H]N.[2H]N.[2H]N.[2H]N.[2H]N.[2H]N.[2H]N.[2H]N.[2H]N.[2H]N.[2H]N.[2H]N.[2H]N.[H-].[K+]. The summed E-state index contributed by atoms with van der Waals surface area (Å²) in [6, 6.07) is 0. The van der Waals surface area contributed by atoms with Gasteiger partial charge in [-0.25, -0.2) is 0 Å². The Bertz CT molecular complexity index is 87.4. The quantitative estimate of drug-likeness (QED) is 0.117. The van der Waals surface area contributed by atoms with Gasteiger partial charge in [-0.15, -0.1) is 0 Å². The molecule has 18 nitrogen and oxygen atoms in total. The van der Waals surface area contributed by atoms with E-state index in [-0.39, 0.29) is 157 Å². The minimum absolute atomic E-state index is 0. The molecule has 0 saturated carbocycles. The van der Waals surface area contributed by atoms with Crippen molar-refractivity contribution in [1.29, 1.82) is 0 Å². The molecular weight excluding hydrogens is 459 g/mol. The van der Waals surface area contributed by atoms with E-state index < -0.39 is 0 Å². The maximum Gasteiger partial charge on any atom is 1.00 e. The molecule has 0 bridgehead atoms. The molecule has 0 aromatic rings. The molecule has 0 spiro atoms. The Morgan fingerprint density at radius 3 is 0.182 bits per heavy atom. The summed E-state index contributed by atoms with van der Waals surface area (Å²) in [6.07, 6.45) is 67.5. The van der Waals surface area contributed by atoms with E-state index in [1.807, 2.05) is 0 Å². The van der Waals surface area contributed by atoms with Crippen molar-refractivity contribution in [2.45, 2.75) is 104 Å². The van der Waals surface area contributed by atoms with Gasteiger partial charge in [0.25, 0.3) is 0 Å². The van der Waals surface area contributed by atoms with Crippen molar-refractivity contribution in [3.8, 4) is 0 Å². The first-order chi connectivity index (χ1) is 18.0. The number of rotatable bonds is 0. The van der Waals surface area contributed by atoms with Crippen LogP contribution in [-0.2, 0) is 0 Å². The molecule has 0 unspecified atom stereocenters. The molecular formula is C14H111KN18. The summed E-state index contributed by atoms with van der Waals surface area (Å²) in [5.74, 6) is 0. The van der Waals surface area contributed by atoms with Crippen molar-refractivity contribution in [2.75, 3.05) is 0 Å². The zero-order valence-corrected chi connectivity index (χ0v) is 14.5. The molecule has 0 atom stereocenters. The topological polar surface area (TPSA) is 630 Å². The van der Waals surface area contributed by atoms with Gasteiger partial charge in [-0.2, -0.15) is 0 Å². The molecule has 0 aliphatic carbocycles. The molecule has 0 aromatic carbocycles. The standard InChI is InChI=1S/14CH4.K.18H3N.H/h14*1H4;;18*1H3;/q;;;;;;;;;;;;;;+1;;;;;;;;;;;;;;;;;;;-1/i/hD18.